The zero-order valence-corrected chi connectivity index (χ0v) is 13.5. The lowest BCUT2D eigenvalue weighted by molar-refractivity contribution is -0.137. The molecule has 0 saturated carbocycles. The monoisotopic (exact) mass is 358 g/mol. The van der Waals surface area contributed by atoms with Crippen molar-refractivity contribution in [3.05, 3.63) is 46.9 Å². The second-order valence-electron chi connectivity index (χ2n) is 5.23. The predicted octanol–water partition coefficient (Wildman–Crippen LogP) is 4.03. The van der Waals surface area contributed by atoms with E-state index in [-0.39, 0.29) is 34.2 Å². The highest BCUT2D eigenvalue weighted by Crippen LogP contribution is 2.36. The summed E-state index contributed by atoms with van der Waals surface area (Å²) in [6.07, 6.45) is -2.06. The number of nitrogens with one attached hydrogen (secondary N) is 2. The summed E-state index contributed by atoms with van der Waals surface area (Å²) in [6, 6.07) is 3.36. The van der Waals surface area contributed by atoms with Gasteiger partial charge in [0.05, 0.1) is 23.0 Å². The third kappa shape index (κ3) is 4.58. The lowest BCUT2D eigenvalue weighted by atomic mass is 10.2. The lowest BCUT2D eigenvalue weighted by Crippen LogP contribution is -2.30. The first-order valence-corrected chi connectivity index (χ1v) is 7.31. The highest BCUT2D eigenvalue weighted by Gasteiger charge is 2.33. The van der Waals surface area contributed by atoms with E-state index in [1.807, 2.05) is 0 Å². The van der Waals surface area contributed by atoms with E-state index in [1.165, 1.54) is 18.5 Å². The van der Waals surface area contributed by atoms with Gasteiger partial charge in [0, 0.05) is 11.7 Å². The van der Waals surface area contributed by atoms with Gasteiger partial charge in [-0.25, -0.2) is 9.97 Å². The van der Waals surface area contributed by atoms with Crippen LogP contribution in [0.2, 0.25) is 5.02 Å². The van der Waals surface area contributed by atoms with Crippen molar-refractivity contribution in [3.8, 4) is 0 Å². The number of amides is 1. The van der Waals surface area contributed by atoms with E-state index < -0.39 is 11.7 Å². The topological polar surface area (TPSA) is 66.9 Å². The Morgan fingerprint density at radius 2 is 1.92 bits per heavy atom. The summed E-state index contributed by atoms with van der Waals surface area (Å²) in [5, 5.41) is 4.95. The third-order valence-corrected chi connectivity index (χ3v) is 3.18. The van der Waals surface area contributed by atoms with Crippen LogP contribution in [0.5, 0.6) is 0 Å². The van der Waals surface area contributed by atoms with Gasteiger partial charge in [-0.15, -0.1) is 0 Å². The van der Waals surface area contributed by atoms with Gasteiger partial charge in [0.15, 0.2) is 0 Å². The van der Waals surface area contributed by atoms with Gasteiger partial charge in [-0.2, -0.15) is 13.2 Å². The highest BCUT2D eigenvalue weighted by atomic mass is 35.5. The minimum absolute atomic E-state index is 0.0491. The van der Waals surface area contributed by atoms with E-state index in [0.29, 0.717) is 0 Å². The smallest absolute Gasteiger partial charge is 0.348 e. The Labute approximate surface area is 141 Å². The van der Waals surface area contributed by atoms with Gasteiger partial charge in [-0.05, 0) is 32.0 Å². The molecule has 0 atom stereocenters. The minimum Gasteiger partial charge on any atom is -0.348 e. The van der Waals surface area contributed by atoms with Crippen molar-refractivity contribution in [3.63, 3.8) is 0 Å². The fraction of sp³-hybridized carbons (Fsp3) is 0.267. The van der Waals surface area contributed by atoms with Crippen LogP contribution in [0.25, 0.3) is 0 Å². The number of nitrogens with zero attached hydrogens (tertiary/aromatic N) is 2. The molecule has 1 heterocycles. The van der Waals surface area contributed by atoms with Crippen molar-refractivity contribution in [2.75, 3.05) is 5.32 Å². The predicted molar refractivity (Wildman–Crippen MR) is 84.4 cm³/mol. The summed E-state index contributed by atoms with van der Waals surface area (Å²) in [6.45, 7) is 3.61. The Balaban J connectivity index is 2.16. The fourth-order valence-electron chi connectivity index (χ4n) is 1.81. The van der Waals surface area contributed by atoms with Gasteiger partial charge in [0.25, 0.3) is 5.91 Å². The van der Waals surface area contributed by atoms with Crippen LogP contribution in [0, 0.1) is 0 Å². The molecule has 0 aliphatic carbocycles. The first-order chi connectivity index (χ1) is 11.2. The molecule has 0 aliphatic heterocycles. The van der Waals surface area contributed by atoms with Gasteiger partial charge in [-0.1, -0.05) is 11.6 Å². The van der Waals surface area contributed by atoms with Crippen molar-refractivity contribution in [2.45, 2.75) is 26.1 Å². The number of halogens is 4. The number of alkyl halides is 3. The molecular weight excluding hydrogens is 345 g/mol. The summed E-state index contributed by atoms with van der Waals surface area (Å²) in [5.41, 5.74) is -0.684. The van der Waals surface area contributed by atoms with E-state index in [4.69, 9.17) is 11.6 Å². The van der Waals surface area contributed by atoms with Crippen LogP contribution in [-0.4, -0.2) is 21.9 Å². The maximum atomic E-state index is 12.8. The van der Waals surface area contributed by atoms with Crippen LogP contribution >= 0.6 is 11.6 Å². The van der Waals surface area contributed by atoms with Crippen LogP contribution in [0.4, 0.5) is 24.7 Å². The summed E-state index contributed by atoms with van der Waals surface area (Å²) in [4.78, 5) is 19.6. The highest BCUT2D eigenvalue weighted by molar-refractivity contribution is 6.31. The third-order valence-electron chi connectivity index (χ3n) is 2.85. The molecule has 0 radical (unpaired) electrons. The Bertz CT molecular complexity index is 732. The zero-order valence-electron chi connectivity index (χ0n) is 12.8. The minimum atomic E-state index is -4.56. The molecule has 1 aromatic heterocycles. The molecule has 24 heavy (non-hydrogen) atoms. The summed E-state index contributed by atoms with van der Waals surface area (Å²) in [7, 11) is 0. The standard InChI is InChI=1S/C15H14ClF3N4O/c1-8(2)22-14(24)12-6-21-13(7-20-12)23-9-3-4-11(16)10(5-9)15(17,18)19/h3-8H,1-2H3,(H,21,23)(H,22,24). The molecule has 9 heteroatoms. The fourth-order valence-corrected chi connectivity index (χ4v) is 2.04. The van der Waals surface area contributed by atoms with Crippen LogP contribution in [0.1, 0.15) is 29.9 Å². The average Bonchev–Trinajstić information content (AvgIpc) is 2.48. The van der Waals surface area contributed by atoms with Gasteiger partial charge in [0.2, 0.25) is 0 Å². The molecule has 5 nitrogen and oxygen atoms in total. The molecular formula is C15H14ClF3N4O. The van der Waals surface area contributed by atoms with Crippen LogP contribution in [0.3, 0.4) is 0 Å². The molecule has 2 rings (SSSR count). The molecule has 0 spiro atoms. The molecule has 128 valence electrons. The molecule has 1 aromatic carbocycles. The Hall–Kier alpha value is -2.35. The van der Waals surface area contributed by atoms with Gasteiger partial charge >= 0.3 is 6.18 Å². The Kier molecular flexibility index (Phi) is 5.28. The van der Waals surface area contributed by atoms with E-state index >= 15 is 0 Å². The Morgan fingerprint density at radius 1 is 1.21 bits per heavy atom. The number of aromatic nitrogens is 2. The molecule has 0 saturated heterocycles. The zero-order chi connectivity index (χ0) is 17.9. The second kappa shape index (κ2) is 7.04. The van der Waals surface area contributed by atoms with Crippen LogP contribution in [0.15, 0.2) is 30.6 Å². The molecule has 2 aromatic rings. The number of hydrogen-bond donors (Lipinski definition) is 2. The first-order valence-electron chi connectivity index (χ1n) is 6.93. The van der Waals surface area contributed by atoms with E-state index in [9.17, 15) is 18.0 Å². The quantitative estimate of drug-likeness (QED) is 0.866. The molecule has 0 unspecified atom stereocenters. The number of rotatable bonds is 4. The second-order valence-corrected chi connectivity index (χ2v) is 5.64. The summed E-state index contributed by atoms with van der Waals surface area (Å²) in [5.74, 6) is -0.179. The van der Waals surface area contributed by atoms with Crippen molar-refractivity contribution in [2.24, 2.45) is 0 Å². The maximum absolute atomic E-state index is 12.8. The van der Waals surface area contributed by atoms with Gasteiger partial charge in [0.1, 0.15) is 11.5 Å². The number of hydrogen-bond acceptors (Lipinski definition) is 4. The molecule has 0 fully saturated rings. The van der Waals surface area contributed by atoms with Crippen molar-refractivity contribution in [1.29, 1.82) is 0 Å². The van der Waals surface area contributed by atoms with Crippen LogP contribution < -0.4 is 10.6 Å². The first kappa shape index (κ1) is 18.0. The summed E-state index contributed by atoms with van der Waals surface area (Å²) >= 11 is 5.56. The SMILES string of the molecule is CC(C)NC(=O)c1cnc(Nc2ccc(Cl)c(C(F)(F)F)c2)cn1. The molecule has 0 bridgehead atoms. The van der Waals surface area contributed by atoms with E-state index in [0.717, 1.165) is 12.1 Å². The average molecular weight is 359 g/mol. The largest absolute Gasteiger partial charge is 0.417 e. The van der Waals surface area contributed by atoms with Gasteiger partial charge < -0.3 is 10.6 Å². The lowest BCUT2D eigenvalue weighted by Gasteiger charge is -2.12. The normalized spacial score (nSPS) is 11.5. The van der Waals surface area contributed by atoms with E-state index in [2.05, 4.69) is 20.6 Å². The molecule has 0 aliphatic rings. The number of benzene rings is 1. The molecule has 1 amide bonds. The Morgan fingerprint density at radius 3 is 2.46 bits per heavy atom. The molecule has 2 N–H and O–H groups in total. The number of carbonyl (C=O) groups is 1. The number of anilines is 2. The summed E-state index contributed by atoms with van der Waals surface area (Å²) < 4.78 is 38.5. The van der Waals surface area contributed by atoms with Crippen LogP contribution in [-0.2, 0) is 6.18 Å². The van der Waals surface area contributed by atoms with E-state index in [1.54, 1.807) is 13.8 Å². The van der Waals surface area contributed by atoms with Crippen molar-refractivity contribution >= 4 is 29.0 Å². The van der Waals surface area contributed by atoms with Gasteiger partial charge in [-0.3, -0.25) is 4.79 Å². The van der Waals surface area contributed by atoms with Crippen molar-refractivity contribution in [1.82, 2.24) is 15.3 Å². The van der Waals surface area contributed by atoms with Crippen molar-refractivity contribution < 1.29 is 18.0 Å². The maximum Gasteiger partial charge on any atom is 0.417 e. The number of carbonyl (C=O) groups excluding carboxylic acids is 1.